The third-order valence-electron chi connectivity index (χ3n) is 7.42. The highest BCUT2D eigenvalue weighted by molar-refractivity contribution is 5.85. The molecule has 0 radical (unpaired) electrons. The van der Waals surface area contributed by atoms with E-state index < -0.39 is 17.8 Å². The zero-order valence-corrected chi connectivity index (χ0v) is 22.0. The van der Waals surface area contributed by atoms with Crippen LogP contribution < -0.4 is 5.32 Å². The summed E-state index contributed by atoms with van der Waals surface area (Å²) < 4.78 is 49.8. The van der Waals surface area contributed by atoms with Gasteiger partial charge in [-0.25, -0.2) is 4.98 Å². The third-order valence-corrected chi connectivity index (χ3v) is 7.42. The lowest BCUT2D eigenvalue weighted by Gasteiger charge is -2.17. The Hall–Kier alpha value is -4.53. The van der Waals surface area contributed by atoms with Gasteiger partial charge in [-0.05, 0) is 72.4 Å². The molecule has 1 fully saturated rings. The molecule has 6 rings (SSSR count). The van der Waals surface area contributed by atoms with Gasteiger partial charge in [-0.1, -0.05) is 18.2 Å². The summed E-state index contributed by atoms with van der Waals surface area (Å²) in [4.78, 5) is 4.45. The molecule has 0 bridgehead atoms. The van der Waals surface area contributed by atoms with Gasteiger partial charge < -0.3 is 19.4 Å². The van der Waals surface area contributed by atoms with Crippen LogP contribution in [-0.4, -0.2) is 37.0 Å². The van der Waals surface area contributed by atoms with E-state index in [-0.39, 0.29) is 29.6 Å². The second kappa shape index (κ2) is 10.5. The highest BCUT2D eigenvalue weighted by Crippen LogP contribution is 2.39. The van der Waals surface area contributed by atoms with Crippen LogP contribution in [0.2, 0.25) is 0 Å². The van der Waals surface area contributed by atoms with E-state index in [1.807, 2.05) is 6.07 Å². The number of nitriles is 1. The van der Waals surface area contributed by atoms with Gasteiger partial charge in [-0.15, -0.1) is 10.2 Å². The Morgan fingerprint density at radius 1 is 1.10 bits per heavy atom. The highest BCUT2D eigenvalue weighted by Gasteiger charge is 2.36. The molecule has 5 aromatic rings. The minimum atomic E-state index is -4.65. The van der Waals surface area contributed by atoms with Crippen molar-refractivity contribution < 1.29 is 22.7 Å². The van der Waals surface area contributed by atoms with E-state index in [4.69, 9.17) is 4.42 Å². The quantitative estimate of drug-likeness (QED) is 0.269. The average molecular weight is 559 g/mol. The molecule has 0 unspecified atom stereocenters. The molecular weight excluding hydrogens is 533 g/mol. The molecule has 41 heavy (non-hydrogen) atoms. The van der Waals surface area contributed by atoms with Crippen molar-refractivity contribution in [2.75, 3.05) is 0 Å². The molecule has 8 nitrogen and oxygen atoms in total. The number of nitrogens with one attached hydrogen (secondary N) is 1. The molecular formula is C30H25F3N6O2. The summed E-state index contributed by atoms with van der Waals surface area (Å²) in [7, 11) is 1.80. The van der Waals surface area contributed by atoms with Gasteiger partial charge in [-0.2, -0.15) is 18.4 Å². The number of hydrogen-bond donors (Lipinski definition) is 2. The molecule has 2 heterocycles. The maximum absolute atomic E-state index is 14.1. The van der Waals surface area contributed by atoms with E-state index in [9.17, 15) is 23.5 Å². The summed E-state index contributed by atoms with van der Waals surface area (Å²) in [5.41, 5.74) is 2.40. The number of aliphatic hydroxyl groups is 1. The Balaban J connectivity index is 1.40. The van der Waals surface area contributed by atoms with Crippen LogP contribution in [0, 0.1) is 11.3 Å². The minimum absolute atomic E-state index is 0.0533. The van der Waals surface area contributed by atoms with Crippen LogP contribution in [-0.2, 0) is 19.8 Å². The van der Waals surface area contributed by atoms with Gasteiger partial charge in [0.1, 0.15) is 17.4 Å². The lowest BCUT2D eigenvalue weighted by molar-refractivity contribution is -0.136. The number of rotatable bonds is 6. The number of hydrogen-bond acceptors (Lipinski definition) is 7. The van der Waals surface area contributed by atoms with Crippen molar-refractivity contribution in [2.24, 2.45) is 7.05 Å². The van der Waals surface area contributed by atoms with Crippen molar-refractivity contribution in [1.29, 1.82) is 5.26 Å². The summed E-state index contributed by atoms with van der Waals surface area (Å²) in [5.74, 6) is 0.614. The second-order valence-corrected chi connectivity index (χ2v) is 10.2. The fraction of sp³-hybridized carbons (Fsp3) is 0.267. The molecule has 208 valence electrons. The molecule has 1 aliphatic rings. The van der Waals surface area contributed by atoms with Crippen molar-refractivity contribution in [3.63, 3.8) is 0 Å². The lowest BCUT2D eigenvalue weighted by Crippen LogP contribution is -2.35. The van der Waals surface area contributed by atoms with Crippen LogP contribution in [0.1, 0.15) is 36.0 Å². The topological polar surface area (TPSA) is 113 Å². The van der Waals surface area contributed by atoms with Crippen molar-refractivity contribution in [3.8, 4) is 40.0 Å². The largest absolute Gasteiger partial charge is 0.435 e. The molecule has 0 amide bonds. The molecule has 3 aromatic carbocycles. The lowest BCUT2D eigenvalue weighted by atomic mass is 9.96. The zero-order chi connectivity index (χ0) is 28.7. The molecule has 0 saturated heterocycles. The molecule has 11 heteroatoms. The standard InChI is InChI=1S/C30H25F3N6O2/c1-39-16-36-38-28(39)22-10-17(14-34)8-9-21(22)19-4-2-5-20(13-19)29-37-25-12-18(15-35-24-6-3-7-26(24)40)11-23(27(25)41-29)30(31,32)33/h2,4-5,8-13,16,24,26,35,40H,3,6-7,15H2,1H3/t24-,26+/m1/s1. The van der Waals surface area contributed by atoms with Gasteiger partial charge >= 0.3 is 6.18 Å². The normalized spacial score (nSPS) is 17.3. The van der Waals surface area contributed by atoms with Gasteiger partial charge in [0.05, 0.1) is 17.7 Å². The Kier molecular flexibility index (Phi) is 6.81. The molecule has 2 N–H and O–H groups in total. The molecule has 1 saturated carbocycles. The van der Waals surface area contributed by atoms with Crippen molar-refractivity contribution in [2.45, 2.75) is 44.1 Å². The maximum atomic E-state index is 14.1. The summed E-state index contributed by atoms with van der Waals surface area (Å²) in [6.07, 6.45) is -1.26. The summed E-state index contributed by atoms with van der Waals surface area (Å²) >= 11 is 0. The van der Waals surface area contributed by atoms with Gasteiger partial charge in [0, 0.05) is 30.8 Å². The number of aryl methyl sites for hydroxylation is 1. The summed E-state index contributed by atoms with van der Waals surface area (Å²) in [6.45, 7) is 0.169. The van der Waals surface area contributed by atoms with E-state index in [0.717, 1.165) is 30.0 Å². The van der Waals surface area contributed by atoms with Gasteiger partial charge in [0.15, 0.2) is 11.4 Å². The number of aliphatic hydroxyl groups excluding tert-OH is 1. The molecule has 0 spiro atoms. The van der Waals surface area contributed by atoms with Crippen LogP contribution in [0.15, 0.2) is 65.3 Å². The monoisotopic (exact) mass is 558 g/mol. The first kappa shape index (κ1) is 26.7. The zero-order valence-electron chi connectivity index (χ0n) is 22.0. The summed E-state index contributed by atoms with van der Waals surface area (Å²) in [5, 5.41) is 30.8. The number of nitrogens with zero attached hydrogens (tertiary/aromatic N) is 5. The van der Waals surface area contributed by atoms with Crippen molar-refractivity contribution >= 4 is 11.1 Å². The molecule has 0 aliphatic heterocycles. The van der Waals surface area contributed by atoms with Gasteiger partial charge in [-0.3, -0.25) is 0 Å². The predicted molar refractivity (Wildman–Crippen MR) is 145 cm³/mol. The molecule has 2 aromatic heterocycles. The van der Waals surface area contributed by atoms with Crippen molar-refractivity contribution in [3.05, 3.63) is 77.6 Å². The van der Waals surface area contributed by atoms with E-state index in [1.165, 1.54) is 0 Å². The van der Waals surface area contributed by atoms with E-state index in [0.29, 0.717) is 34.5 Å². The Morgan fingerprint density at radius 3 is 2.63 bits per heavy atom. The number of benzene rings is 3. The number of oxazole rings is 1. The fourth-order valence-electron chi connectivity index (χ4n) is 5.35. The van der Waals surface area contributed by atoms with Crippen LogP contribution in [0.25, 0.3) is 45.1 Å². The van der Waals surface area contributed by atoms with Gasteiger partial charge in [0.2, 0.25) is 5.89 Å². The highest BCUT2D eigenvalue weighted by atomic mass is 19.4. The number of aromatic nitrogens is 4. The third kappa shape index (κ3) is 5.19. The maximum Gasteiger partial charge on any atom is 0.420 e. The number of halogens is 3. The molecule has 2 atom stereocenters. The predicted octanol–water partition coefficient (Wildman–Crippen LogP) is 5.85. The Labute approximate surface area is 233 Å². The first-order chi connectivity index (χ1) is 19.7. The number of fused-ring (bicyclic) bond motifs is 1. The SMILES string of the molecule is Cn1cnnc1-c1cc(C#N)ccc1-c1cccc(-c2nc3cc(CN[C@@H]4CCC[C@@H]4O)cc(C(F)(F)F)c3o2)c1. The average Bonchev–Trinajstić information content (AvgIpc) is 3.70. The van der Waals surface area contributed by atoms with Crippen LogP contribution in [0.4, 0.5) is 13.2 Å². The minimum Gasteiger partial charge on any atom is -0.435 e. The number of alkyl halides is 3. The second-order valence-electron chi connectivity index (χ2n) is 10.2. The van der Waals surface area contributed by atoms with Gasteiger partial charge in [0.25, 0.3) is 0 Å². The van der Waals surface area contributed by atoms with E-state index in [1.54, 1.807) is 60.4 Å². The smallest absolute Gasteiger partial charge is 0.420 e. The van der Waals surface area contributed by atoms with E-state index in [2.05, 4.69) is 26.6 Å². The molecule has 1 aliphatic carbocycles. The fourth-order valence-corrected chi connectivity index (χ4v) is 5.35. The first-order valence-electron chi connectivity index (χ1n) is 13.1. The van der Waals surface area contributed by atoms with Crippen LogP contribution in [0.5, 0.6) is 0 Å². The van der Waals surface area contributed by atoms with Crippen LogP contribution in [0.3, 0.4) is 0 Å². The van der Waals surface area contributed by atoms with Crippen LogP contribution >= 0.6 is 0 Å². The first-order valence-corrected chi connectivity index (χ1v) is 13.1. The Morgan fingerprint density at radius 2 is 1.93 bits per heavy atom. The van der Waals surface area contributed by atoms with E-state index >= 15 is 0 Å². The summed E-state index contributed by atoms with van der Waals surface area (Å²) in [6, 6.07) is 17.0. The van der Waals surface area contributed by atoms with Crippen molar-refractivity contribution in [1.82, 2.24) is 25.1 Å². The Bertz CT molecular complexity index is 1790.